The van der Waals surface area contributed by atoms with E-state index < -0.39 is 36.2 Å². The Balaban J connectivity index is 2.14. The Hall–Kier alpha value is -1.24. The fourth-order valence-electron chi connectivity index (χ4n) is 3.89. The molecule has 0 saturated heterocycles. The highest BCUT2D eigenvalue weighted by atomic mass is 19.4. The summed E-state index contributed by atoms with van der Waals surface area (Å²) in [5.41, 5.74) is -1.41. The Morgan fingerprint density at radius 3 is 2.48 bits per heavy atom. The number of aliphatic hydroxyl groups is 1. The normalized spacial score (nSPS) is 34.5. The number of rotatable bonds is 1. The van der Waals surface area contributed by atoms with Crippen molar-refractivity contribution in [2.75, 3.05) is 0 Å². The minimum Gasteiger partial charge on any atom is -0.393 e. The zero-order valence-electron chi connectivity index (χ0n) is 12.6. The van der Waals surface area contributed by atoms with Crippen LogP contribution in [0.3, 0.4) is 0 Å². The number of hydrogen-bond donors (Lipinski definition) is 1. The van der Waals surface area contributed by atoms with Crippen LogP contribution in [-0.2, 0) is 6.18 Å². The third-order valence-electron chi connectivity index (χ3n) is 5.03. The van der Waals surface area contributed by atoms with E-state index in [2.05, 4.69) is 4.98 Å². The van der Waals surface area contributed by atoms with Gasteiger partial charge in [0.15, 0.2) is 6.17 Å². The molecule has 5 atom stereocenters. The lowest BCUT2D eigenvalue weighted by molar-refractivity contribution is -0.142. The maximum Gasteiger partial charge on any atom is 0.433 e. The molecule has 0 aromatic carbocycles. The van der Waals surface area contributed by atoms with Gasteiger partial charge in [-0.25, -0.2) is 8.78 Å². The van der Waals surface area contributed by atoms with E-state index in [0.29, 0.717) is 31.2 Å². The van der Waals surface area contributed by atoms with Crippen LogP contribution in [0.1, 0.15) is 73.0 Å². The zero-order chi connectivity index (χ0) is 16.9. The maximum atomic E-state index is 14.4. The minimum absolute atomic E-state index is 0.188. The van der Waals surface area contributed by atoms with Crippen molar-refractivity contribution < 1.29 is 27.1 Å². The second kappa shape index (κ2) is 5.69. The van der Waals surface area contributed by atoms with Gasteiger partial charge in [-0.2, -0.15) is 13.2 Å². The van der Waals surface area contributed by atoms with Gasteiger partial charge in [0.25, 0.3) is 0 Å². The molecule has 3 rings (SSSR count). The highest BCUT2D eigenvalue weighted by molar-refractivity contribution is 5.48. The van der Waals surface area contributed by atoms with Crippen molar-refractivity contribution in [3.63, 3.8) is 0 Å². The first kappa shape index (κ1) is 16.6. The van der Waals surface area contributed by atoms with E-state index in [9.17, 15) is 27.1 Å². The van der Waals surface area contributed by atoms with E-state index in [0.717, 1.165) is 6.20 Å². The fraction of sp³-hybridized carbons (Fsp3) is 0.688. The first-order valence-corrected chi connectivity index (χ1v) is 7.78. The van der Waals surface area contributed by atoms with Crippen molar-refractivity contribution in [2.24, 2.45) is 0 Å². The molecule has 2 aliphatic rings. The first-order valence-electron chi connectivity index (χ1n) is 7.78. The summed E-state index contributed by atoms with van der Waals surface area (Å²) >= 11 is 0. The zero-order valence-corrected chi connectivity index (χ0v) is 12.6. The van der Waals surface area contributed by atoms with Crippen molar-refractivity contribution in [1.82, 2.24) is 4.98 Å². The maximum absolute atomic E-state index is 14.4. The number of nitrogens with zero attached hydrogens (tertiary/aromatic N) is 1. The molecule has 1 aromatic heterocycles. The topological polar surface area (TPSA) is 33.1 Å². The number of hydrogen-bond acceptors (Lipinski definition) is 2. The van der Waals surface area contributed by atoms with Crippen LogP contribution in [0.4, 0.5) is 22.0 Å². The van der Waals surface area contributed by atoms with Crippen molar-refractivity contribution in [2.45, 2.75) is 69.1 Å². The van der Waals surface area contributed by atoms with Crippen LogP contribution in [-0.4, -0.2) is 22.4 Å². The van der Waals surface area contributed by atoms with Gasteiger partial charge in [0, 0.05) is 12.1 Å². The molecule has 0 aliphatic heterocycles. The molecule has 7 heteroatoms. The van der Waals surface area contributed by atoms with Crippen LogP contribution in [0.25, 0.3) is 0 Å². The lowest BCUT2D eigenvalue weighted by Crippen LogP contribution is -2.21. The smallest absolute Gasteiger partial charge is 0.393 e. The quantitative estimate of drug-likeness (QED) is 0.762. The SMILES string of the molecule is C[C@H]1c2c(C(F)(F)F)ncc(C3CCCC(O)C3)c2[C@@H](F)[C@H]1F. The number of alkyl halides is 5. The van der Waals surface area contributed by atoms with Crippen molar-refractivity contribution >= 4 is 0 Å². The average molecular weight is 335 g/mol. The number of aliphatic hydroxyl groups excluding tert-OH is 1. The van der Waals surface area contributed by atoms with Crippen LogP contribution in [0.2, 0.25) is 0 Å². The highest BCUT2D eigenvalue weighted by Gasteiger charge is 2.48. The summed E-state index contributed by atoms with van der Waals surface area (Å²) in [5, 5.41) is 9.77. The molecule has 0 bridgehead atoms. The number of aromatic nitrogens is 1. The van der Waals surface area contributed by atoms with Gasteiger partial charge in [0.1, 0.15) is 11.9 Å². The molecule has 128 valence electrons. The van der Waals surface area contributed by atoms with E-state index in [4.69, 9.17) is 0 Å². The summed E-state index contributed by atoms with van der Waals surface area (Å²) < 4.78 is 68.0. The molecule has 2 unspecified atom stereocenters. The lowest BCUT2D eigenvalue weighted by atomic mass is 9.80. The monoisotopic (exact) mass is 335 g/mol. The summed E-state index contributed by atoms with van der Waals surface area (Å²) in [6.45, 7) is 1.26. The van der Waals surface area contributed by atoms with Crippen LogP contribution in [0, 0.1) is 0 Å². The second-order valence-electron chi connectivity index (χ2n) is 6.54. The minimum atomic E-state index is -4.74. The molecule has 1 saturated carbocycles. The molecule has 0 spiro atoms. The molecule has 1 fully saturated rings. The molecule has 1 heterocycles. The number of halogens is 5. The molecule has 23 heavy (non-hydrogen) atoms. The Bertz CT molecular complexity index is 603. The number of pyridine rings is 1. The van der Waals surface area contributed by atoms with E-state index >= 15 is 0 Å². The molecule has 1 aromatic rings. The Morgan fingerprint density at radius 1 is 1.17 bits per heavy atom. The van der Waals surface area contributed by atoms with E-state index in [-0.39, 0.29) is 17.0 Å². The van der Waals surface area contributed by atoms with E-state index in [1.807, 2.05) is 0 Å². The van der Waals surface area contributed by atoms with Crippen LogP contribution < -0.4 is 0 Å². The summed E-state index contributed by atoms with van der Waals surface area (Å²) in [6.07, 6.45) is -6.05. The predicted octanol–water partition coefficient (Wildman–Crippen LogP) is 4.58. The fourth-order valence-corrected chi connectivity index (χ4v) is 3.89. The van der Waals surface area contributed by atoms with Crippen molar-refractivity contribution in [3.05, 3.63) is 28.6 Å². The summed E-state index contributed by atoms with van der Waals surface area (Å²) in [5.74, 6) is -1.46. The summed E-state index contributed by atoms with van der Waals surface area (Å²) in [4.78, 5) is 3.50. The Morgan fingerprint density at radius 2 is 1.87 bits per heavy atom. The standard InChI is InChI=1S/C16H18F5NO/c1-7-11-12(14(18)13(7)17)10(6-22-15(11)16(19,20)21)8-3-2-4-9(23)5-8/h6-9,13-14,23H,2-5H2,1H3/t7-,8?,9?,13-,14+/m0/s1. The van der Waals surface area contributed by atoms with Crippen LogP contribution >= 0.6 is 0 Å². The molecular formula is C16H18F5NO. The first-order chi connectivity index (χ1) is 10.7. The van der Waals surface area contributed by atoms with Gasteiger partial charge in [0.05, 0.1) is 6.10 Å². The Labute approximate surface area is 130 Å². The van der Waals surface area contributed by atoms with Gasteiger partial charge in [-0.15, -0.1) is 0 Å². The lowest BCUT2D eigenvalue weighted by Gasteiger charge is -2.28. The third-order valence-corrected chi connectivity index (χ3v) is 5.03. The third kappa shape index (κ3) is 2.73. The van der Waals surface area contributed by atoms with Crippen molar-refractivity contribution in [3.8, 4) is 0 Å². The Kier molecular flexibility index (Phi) is 4.11. The predicted molar refractivity (Wildman–Crippen MR) is 73.6 cm³/mol. The van der Waals surface area contributed by atoms with Gasteiger partial charge in [-0.3, -0.25) is 4.98 Å². The summed E-state index contributed by atoms with van der Waals surface area (Å²) in [7, 11) is 0. The van der Waals surface area contributed by atoms with Gasteiger partial charge in [-0.05, 0) is 41.9 Å². The molecule has 0 amide bonds. The van der Waals surface area contributed by atoms with Crippen LogP contribution in [0.15, 0.2) is 6.20 Å². The van der Waals surface area contributed by atoms with E-state index in [1.165, 1.54) is 6.92 Å². The molecule has 1 N–H and O–H groups in total. The average Bonchev–Trinajstić information content (AvgIpc) is 2.71. The molecule has 0 radical (unpaired) electrons. The molecular weight excluding hydrogens is 317 g/mol. The van der Waals surface area contributed by atoms with Gasteiger partial charge in [-0.1, -0.05) is 13.3 Å². The second-order valence-corrected chi connectivity index (χ2v) is 6.54. The van der Waals surface area contributed by atoms with Gasteiger partial charge < -0.3 is 5.11 Å². The van der Waals surface area contributed by atoms with Gasteiger partial charge >= 0.3 is 6.18 Å². The van der Waals surface area contributed by atoms with Crippen molar-refractivity contribution in [1.29, 1.82) is 0 Å². The number of fused-ring (bicyclic) bond motifs is 1. The van der Waals surface area contributed by atoms with E-state index in [1.54, 1.807) is 0 Å². The largest absolute Gasteiger partial charge is 0.433 e. The summed E-state index contributed by atoms with van der Waals surface area (Å²) in [6, 6.07) is 0. The highest BCUT2D eigenvalue weighted by Crippen LogP contribution is 2.52. The molecule has 2 aliphatic carbocycles. The van der Waals surface area contributed by atoms with Crippen LogP contribution in [0.5, 0.6) is 0 Å². The molecule has 2 nitrogen and oxygen atoms in total. The van der Waals surface area contributed by atoms with Gasteiger partial charge in [0.2, 0.25) is 0 Å².